The predicted octanol–water partition coefficient (Wildman–Crippen LogP) is 4.12. The molecule has 0 atom stereocenters. The number of nitrogens with zero attached hydrogens (tertiary/aromatic N) is 1. The lowest BCUT2D eigenvalue weighted by Crippen LogP contribution is -2.31. The molecule has 1 aliphatic rings. The minimum Gasteiger partial charge on any atom is -0.497 e. The normalized spacial score (nSPS) is 13.7. The molecule has 2 amide bonds. The molecule has 0 unspecified atom stereocenters. The summed E-state index contributed by atoms with van der Waals surface area (Å²) in [5, 5.41) is 0.839. The van der Waals surface area contributed by atoms with Gasteiger partial charge in [0.15, 0.2) is 0 Å². The van der Waals surface area contributed by atoms with Crippen LogP contribution in [0.4, 0.5) is 0 Å². The quantitative estimate of drug-likeness (QED) is 0.543. The van der Waals surface area contributed by atoms with E-state index < -0.39 is 11.8 Å². The highest BCUT2D eigenvalue weighted by atomic mass is 16.7. The van der Waals surface area contributed by atoms with Crippen molar-refractivity contribution in [1.29, 1.82) is 0 Å². The van der Waals surface area contributed by atoms with E-state index in [0.717, 1.165) is 10.6 Å². The number of ether oxygens (including phenoxy) is 2. The van der Waals surface area contributed by atoms with Crippen LogP contribution in [0.5, 0.6) is 11.5 Å². The average molecular weight is 415 g/mol. The zero-order valence-corrected chi connectivity index (χ0v) is 17.2. The van der Waals surface area contributed by atoms with Crippen LogP contribution in [-0.2, 0) is 21.0 Å². The molecule has 6 nitrogen and oxygen atoms in total. The number of imide groups is 1. The molecule has 1 aliphatic heterocycles. The molecule has 0 saturated heterocycles. The Labute approximate surface area is 180 Å². The zero-order valence-electron chi connectivity index (χ0n) is 17.2. The van der Waals surface area contributed by atoms with Gasteiger partial charge in [0.1, 0.15) is 18.1 Å². The molecular weight excluding hydrogens is 394 g/mol. The lowest BCUT2D eigenvalue weighted by atomic mass is 9.96. The van der Waals surface area contributed by atoms with Gasteiger partial charge in [-0.1, -0.05) is 54.6 Å². The Kier molecular flexibility index (Phi) is 5.82. The van der Waals surface area contributed by atoms with Crippen LogP contribution in [0.2, 0.25) is 0 Å². The van der Waals surface area contributed by atoms with Crippen LogP contribution in [0.15, 0.2) is 78.9 Å². The van der Waals surface area contributed by atoms with Gasteiger partial charge in [-0.2, -0.15) is 0 Å². The summed E-state index contributed by atoms with van der Waals surface area (Å²) in [5.41, 5.74) is 2.63. The van der Waals surface area contributed by atoms with E-state index in [0.29, 0.717) is 22.6 Å². The number of hydrogen-bond donors (Lipinski definition) is 0. The number of carbonyl (C=O) groups is 2. The van der Waals surface area contributed by atoms with Crippen molar-refractivity contribution in [3.63, 3.8) is 0 Å². The molecule has 156 valence electrons. The molecule has 4 rings (SSSR count). The Morgan fingerprint density at radius 2 is 1.10 bits per heavy atom. The summed E-state index contributed by atoms with van der Waals surface area (Å²) in [7, 11) is 3.14. The lowest BCUT2D eigenvalue weighted by Gasteiger charge is -2.15. The first kappa shape index (κ1) is 20.4. The van der Waals surface area contributed by atoms with Crippen molar-refractivity contribution in [2.75, 3.05) is 14.2 Å². The predicted molar refractivity (Wildman–Crippen MR) is 116 cm³/mol. The summed E-state index contributed by atoms with van der Waals surface area (Å²) < 4.78 is 10.4. The van der Waals surface area contributed by atoms with Crippen molar-refractivity contribution in [1.82, 2.24) is 5.06 Å². The first-order valence-corrected chi connectivity index (χ1v) is 9.71. The van der Waals surface area contributed by atoms with Crippen LogP contribution in [-0.4, -0.2) is 31.1 Å². The van der Waals surface area contributed by atoms with Gasteiger partial charge >= 0.3 is 0 Å². The summed E-state index contributed by atoms with van der Waals surface area (Å²) in [6, 6.07) is 23.4. The highest BCUT2D eigenvalue weighted by molar-refractivity contribution is 6.48. The third kappa shape index (κ3) is 4.06. The number of carbonyl (C=O) groups excluding carboxylic acids is 2. The van der Waals surface area contributed by atoms with Gasteiger partial charge in [0.25, 0.3) is 11.8 Å². The summed E-state index contributed by atoms with van der Waals surface area (Å²) >= 11 is 0. The maximum Gasteiger partial charge on any atom is 0.286 e. The second kappa shape index (κ2) is 8.85. The largest absolute Gasteiger partial charge is 0.497 e. The number of rotatable bonds is 7. The molecule has 3 aromatic rings. The van der Waals surface area contributed by atoms with E-state index in [-0.39, 0.29) is 17.8 Å². The minimum absolute atomic E-state index is 0.101. The van der Waals surface area contributed by atoms with Crippen molar-refractivity contribution < 1.29 is 23.9 Å². The van der Waals surface area contributed by atoms with Gasteiger partial charge in [-0.05, 0) is 41.0 Å². The van der Waals surface area contributed by atoms with E-state index >= 15 is 0 Å². The maximum atomic E-state index is 13.3. The fourth-order valence-electron chi connectivity index (χ4n) is 3.39. The highest BCUT2D eigenvalue weighted by Gasteiger charge is 2.40. The third-order valence-electron chi connectivity index (χ3n) is 5.01. The number of methoxy groups -OCH3 is 2. The van der Waals surface area contributed by atoms with Crippen molar-refractivity contribution in [2.45, 2.75) is 6.61 Å². The minimum atomic E-state index is -0.503. The van der Waals surface area contributed by atoms with Crippen molar-refractivity contribution in [3.05, 3.63) is 95.6 Å². The van der Waals surface area contributed by atoms with Crippen LogP contribution in [0.3, 0.4) is 0 Å². The van der Waals surface area contributed by atoms with Crippen LogP contribution < -0.4 is 9.47 Å². The number of amides is 2. The Morgan fingerprint density at radius 1 is 0.645 bits per heavy atom. The molecule has 31 heavy (non-hydrogen) atoms. The molecule has 0 fully saturated rings. The van der Waals surface area contributed by atoms with Gasteiger partial charge in [0.05, 0.1) is 25.4 Å². The number of benzene rings is 3. The first-order chi connectivity index (χ1) is 15.1. The number of hydroxylamine groups is 2. The lowest BCUT2D eigenvalue weighted by molar-refractivity contribution is -0.188. The fourth-order valence-corrected chi connectivity index (χ4v) is 3.39. The molecule has 1 heterocycles. The summed E-state index contributed by atoms with van der Waals surface area (Å²) in [6.07, 6.45) is 0. The summed E-state index contributed by atoms with van der Waals surface area (Å²) in [5.74, 6) is 0.308. The smallest absolute Gasteiger partial charge is 0.286 e. The van der Waals surface area contributed by atoms with E-state index in [9.17, 15) is 9.59 Å². The van der Waals surface area contributed by atoms with Gasteiger partial charge in [0, 0.05) is 0 Å². The van der Waals surface area contributed by atoms with E-state index in [1.165, 1.54) is 0 Å². The van der Waals surface area contributed by atoms with Crippen molar-refractivity contribution in [3.8, 4) is 11.5 Å². The fraction of sp³-hybridized carbons (Fsp3) is 0.120. The van der Waals surface area contributed by atoms with Crippen LogP contribution in [0.25, 0.3) is 11.1 Å². The molecule has 0 saturated carbocycles. The number of hydrogen-bond acceptors (Lipinski definition) is 5. The molecule has 6 heteroatoms. The molecule has 0 N–H and O–H groups in total. The monoisotopic (exact) mass is 415 g/mol. The second-order valence-corrected chi connectivity index (χ2v) is 6.87. The standard InChI is InChI=1S/C25H21NO5/c1-29-20-12-8-18(9-13-20)22-23(19-10-14-21(30-2)15-11-19)25(28)26(24(22)27)31-16-17-6-4-3-5-7-17/h3-15H,16H2,1-2H3. The van der Waals surface area contributed by atoms with Gasteiger partial charge < -0.3 is 9.47 Å². The Balaban J connectivity index is 1.72. The Morgan fingerprint density at radius 3 is 1.52 bits per heavy atom. The van der Waals surface area contributed by atoms with E-state index in [2.05, 4.69) is 0 Å². The second-order valence-electron chi connectivity index (χ2n) is 6.87. The molecule has 0 bridgehead atoms. The highest BCUT2D eigenvalue weighted by Crippen LogP contribution is 2.37. The van der Waals surface area contributed by atoms with E-state index in [1.807, 2.05) is 30.3 Å². The molecule has 0 radical (unpaired) electrons. The van der Waals surface area contributed by atoms with Gasteiger partial charge in [-0.3, -0.25) is 14.4 Å². The topological polar surface area (TPSA) is 65.1 Å². The molecule has 0 aromatic heterocycles. The van der Waals surface area contributed by atoms with Crippen LogP contribution in [0.1, 0.15) is 16.7 Å². The Hall–Kier alpha value is -3.90. The van der Waals surface area contributed by atoms with E-state index in [4.69, 9.17) is 14.3 Å². The Bertz CT molecular complexity index is 1050. The summed E-state index contributed by atoms with van der Waals surface area (Å²) in [4.78, 5) is 32.2. The van der Waals surface area contributed by atoms with Gasteiger partial charge in [-0.15, -0.1) is 5.06 Å². The summed E-state index contributed by atoms with van der Waals surface area (Å²) in [6.45, 7) is 0.101. The van der Waals surface area contributed by atoms with Crippen LogP contribution >= 0.6 is 0 Å². The van der Waals surface area contributed by atoms with E-state index in [1.54, 1.807) is 62.8 Å². The van der Waals surface area contributed by atoms with Crippen molar-refractivity contribution >= 4 is 23.0 Å². The molecule has 3 aromatic carbocycles. The van der Waals surface area contributed by atoms with Gasteiger partial charge in [-0.25, -0.2) is 0 Å². The zero-order chi connectivity index (χ0) is 21.8. The average Bonchev–Trinajstić information content (AvgIpc) is 3.08. The first-order valence-electron chi connectivity index (χ1n) is 9.71. The SMILES string of the molecule is COc1ccc(C2=C(c3ccc(OC)cc3)C(=O)N(OCc3ccccc3)C2=O)cc1. The van der Waals surface area contributed by atoms with Gasteiger partial charge in [0.2, 0.25) is 0 Å². The molecular formula is C25H21NO5. The van der Waals surface area contributed by atoms with Crippen molar-refractivity contribution in [2.24, 2.45) is 0 Å². The van der Waals surface area contributed by atoms with Crippen LogP contribution in [0, 0.1) is 0 Å². The molecule has 0 aliphatic carbocycles. The maximum absolute atomic E-state index is 13.3. The third-order valence-corrected chi connectivity index (χ3v) is 5.01. The molecule has 0 spiro atoms.